The Morgan fingerprint density at radius 3 is 2.67 bits per heavy atom. The highest BCUT2D eigenvalue weighted by Gasteiger charge is 2.40. The quantitative estimate of drug-likeness (QED) is 0.708. The van der Waals surface area contributed by atoms with Crippen molar-refractivity contribution in [2.24, 2.45) is 0 Å². The summed E-state index contributed by atoms with van der Waals surface area (Å²) in [6.45, 7) is 1.19. The number of carbonyl (C=O) groups is 1. The minimum absolute atomic E-state index is 0.00841. The van der Waals surface area contributed by atoms with E-state index in [-0.39, 0.29) is 25.0 Å². The number of nitrogens with zero attached hydrogens (tertiary/aromatic N) is 5. The van der Waals surface area contributed by atoms with Crippen LogP contribution >= 0.6 is 0 Å². The average molecular weight is 365 g/mol. The molecule has 0 amide bonds. The third-order valence-electron chi connectivity index (χ3n) is 5.10. The Bertz CT molecular complexity index is 971. The lowest BCUT2D eigenvalue weighted by molar-refractivity contribution is -0.132. The first-order valence-corrected chi connectivity index (χ1v) is 8.95. The van der Waals surface area contributed by atoms with E-state index in [4.69, 9.17) is 0 Å². The fourth-order valence-corrected chi connectivity index (χ4v) is 3.34. The second-order valence-electron chi connectivity index (χ2n) is 7.05. The molecule has 0 saturated carbocycles. The summed E-state index contributed by atoms with van der Waals surface area (Å²) in [5, 5.41) is 0.840. The van der Waals surface area contributed by atoms with Crippen LogP contribution in [0.4, 0.5) is 4.39 Å². The van der Waals surface area contributed by atoms with Gasteiger partial charge < -0.3 is 4.90 Å². The molecular weight excluding hydrogens is 345 g/mol. The fraction of sp³-hybridized carbons (Fsp3) is 0.350. The normalized spacial score (nSPS) is 17.1. The molecule has 0 spiro atoms. The SMILES string of the molecule is CN1CCC(F)(C(=O)Cc2cc3cc(-c4cnccn4)cnc3cn2)CC1. The van der Waals surface area contributed by atoms with Gasteiger partial charge in [-0.25, -0.2) is 4.39 Å². The van der Waals surface area contributed by atoms with Crippen LogP contribution in [0.1, 0.15) is 18.5 Å². The van der Waals surface area contributed by atoms with Crippen molar-refractivity contribution in [2.45, 2.75) is 24.9 Å². The van der Waals surface area contributed by atoms with Gasteiger partial charge in [-0.15, -0.1) is 0 Å². The van der Waals surface area contributed by atoms with Gasteiger partial charge in [-0.1, -0.05) is 0 Å². The lowest BCUT2D eigenvalue weighted by Gasteiger charge is -2.33. The minimum Gasteiger partial charge on any atom is -0.306 e. The first-order valence-electron chi connectivity index (χ1n) is 8.95. The van der Waals surface area contributed by atoms with Crippen LogP contribution in [0, 0.1) is 0 Å². The molecule has 6 nitrogen and oxygen atoms in total. The van der Waals surface area contributed by atoms with Crippen LogP contribution in [0.5, 0.6) is 0 Å². The summed E-state index contributed by atoms with van der Waals surface area (Å²) >= 11 is 0. The van der Waals surface area contributed by atoms with Crippen molar-refractivity contribution in [1.82, 2.24) is 24.8 Å². The molecule has 3 aromatic rings. The van der Waals surface area contributed by atoms with Gasteiger partial charge in [0, 0.05) is 61.2 Å². The highest BCUT2D eigenvalue weighted by Crippen LogP contribution is 2.28. The predicted octanol–water partition coefficient (Wildman–Crippen LogP) is 2.63. The summed E-state index contributed by atoms with van der Waals surface area (Å²) < 4.78 is 15.0. The monoisotopic (exact) mass is 365 g/mol. The number of hydrogen-bond donors (Lipinski definition) is 0. The molecule has 138 valence electrons. The van der Waals surface area contributed by atoms with Crippen LogP contribution in [0.25, 0.3) is 22.2 Å². The number of fused-ring (bicyclic) bond motifs is 1. The summed E-state index contributed by atoms with van der Waals surface area (Å²) in [7, 11) is 1.94. The number of piperidine rings is 1. The van der Waals surface area contributed by atoms with Gasteiger partial charge in [0.05, 0.1) is 30.0 Å². The van der Waals surface area contributed by atoms with Crippen LogP contribution in [-0.2, 0) is 11.2 Å². The van der Waals surface area contributed by atoms with Gasteiger partial charge in [0.2, 0.25) is 0 Å². The van der Waals surface area contributed by atoms with E-state index in [9.17, 15) is 9.18 Å². The Kier molecular flexibility index (Phi) is 4.61. The zero-order valence-electron chi connectivity index (χ0n) is 15.1. The minimum atomic E-state index is -1.75. The molecule has 7 heteroatoms. The van der Waals surface area contributed by atoms with Crippen molar-refractivity contribution in [3.8, 4) is 11.3 Å². The maximum absolute atomic E-state index is 15.0. The van der Waals surface area contributed by atoms with Crippen LogP contribution in [0.2, 0.25) is 0 Å². The second-order valence-corrected chi connectivity index (χ2v) is 7.05. The van der Waals surface area contributed by atoms with E-state index in [1.807, 2.05) is 18.0 Å². The van der Waals surface area contributed by atoms with Gasteiger partial charge in [-0.2, -0.15) is 0 Å². The van der Waals surface area contributed by atoms with Gasteiger partial charge in [-0.05, 0) is 19.2 Å². The maximum atomic E-state index is 15.0. The summed E-state index contributed by atoms with van der Waals surface area (Å²) in [6.07, 6.45) is 8.72. The molecule has 0 atom stereocenters. The van der Waals surface area contributed by atoms with Crippen molar-refractivity contribution in [2.75, 3.05) is 20.1 Å². The van der Waals surface area contributed by atoms with Gasteiger partial charge in [0.1, 0.15) is 0 Å². The van der Waals surface area contributed by atoms with Crippen molar-refractivity contribution in [1.29, 1.82) is 0 Å². The van der Waals surface area contributed by atoms with E-state index in [2.05, 4.69) is 19.9 Å². The lowest BCUT2D eigenvalue weighted by Crippen LogP contribution is -2.45. The Labute approximate surface area is 156 Å². The van der Waals surface area contributed by atoms with E-state index >= 15 is 0 Å². The Morgan fingerprint density at radius 2 is 1.93 bits per heavy atom. The fourth-order valence-electron chi connectivity index (χ4n) is 3.34. The van der Waals surface area contributed by atoms with Crippen LogP contribution < -0.4 is 0 Å². The molecule has 3 aromatic heterocycles. The number of pyridine rings is 2. The molecule has 0 N–H and O–H groups in total. The number of hydrogen-bond acceptors (Lipinski definition) is 6. The number of alkyl halides is 1. The standard InChI is InChI=1S/C20H20FN5O/c1-26-6-2-20(21,3-7-26)19(27)10-16-9-14-8-15(11-25-18(14)13-24-16)17-12-22-4-5-23-17/h4-5,8-9,11-13H,2-3,6-7,10H2,1H3. The topological polar surface area (TPSA) is 71.9 Å². The molecule has 0 bridgehead atoms. The van der Waals surface area contributed by atoms with Crippen LogP contribution in [-0.4, -0.2) is 56.4 Å². The highest BCUT2D eigenvalue weighted by molar-refractivity contribution is 5.90. The molecule has 0 aromatic carbocycles. The third-order valence-corrected chi connectivity index (χ3v) is 5.10. The molecule has 27 heavy (non-hydrogen) atoms. The van der Waals surface area contributed by atoms with E-state index in [0.29, 0.717) is 24.3 Å². The predicted molar refractivity (Wildman–Crippen MR) is 99.8 cm³/mol. The smallest absolute Gasteiger partial charge is 0.175 e. The average Bonchev–Trinajstić information content (AvgIpc) is 2.70. The Balaban J connectivity index is 1.58. The second kappa shape index (κ2) is 7.08. The van der Waals surface area contributed by atoms with E-state index < -0.39 is 5.67 Å². The molecule has 1 aliphatic heterocycles. The Hall–Kier alpha value is -2.80. The van der Waals surface area contributed by atoms with E-state index in [1.165, 1.54) is 0 Å². The van der Waals surface area contributed by atoms with Crippen molar-refractivity contribution in [3.63, 3.8) is 0 Å². The maximum Gasteiger partial charge on any atom is 0.175 e. The number of rotatable bonds is 4. The van der Waals surface area contributed by atoms with Crippen LogP contribution in [0.15, 0.2) is 43.1 Å². The summed E-state index contributed by atoms with van der Waals surface area (Å²) in [5.41, 5.74) is 1.07. The molecule has 0 aliphatic carbocycles. The summed E-state index contributed by atoms with van der Waals surface area (Å²) in [6, 6.07) is 3.74. The highest BCUT2D eigenvalue weighted by atomic mass is 19.1. The third kappa shape index (κ3) is 3.68. The number of ketones is 1. The molecule has 1 saturated heterocycles. The molecular formula is C20H20FN5O. The zero-order chi connectivity index (χ0) is 18.9. The van der Waals surface area contributed by atoms with Gasteiger partial charge in [-0.3, -0.25) is 24.7 Å². The van der Waals surface area contributed by atoms with E-state index in [0.717, 1.165) is 16.6 Å². The van der Waals surface area contributed by atoms with Gasteiger partial charge >= 0.3 is 0 Å². The number of halogens is 1. The first kappa shape index (κ1) is 17.6. The number of likely N-dealkylation sites (tertiary alicyclic amines) is 1. The van der Waals surface area contributed by atoms with Crippen molar-refractivity contribution >= 4 is 16.7 Å². The number of aromatic nitrogens is 4. The summed E-state index contributed by atoms with van der Waals surface area (Å²) in [4.78, 5) is 31.6. The molecule has 0 radical (unpaired) electrons. The van der Waals surface area contributed by atoms with Gasteiger partial charge in [0.25, 0.3) is 0 Å². The number of Topliss-reactive ketones (excluding diaryl/α,β-unsaturated/α-hetero) is 1. The molecule has 1 aliphatic rings. The molecule has 0 unspecified atom stereocenters. The van der Waals surface area contributed by atoms with Crippen LogP contribution in [0.3, 0.4) is 0 Å². The zero-order valence-corrected chi connectivity index (χ0v) is 15.1. The Morgan fingerprint density at radius 1 is 1.11 bits per heavy atom. The van der Waals surface area contributed by atoms with Crippen molar-refractivity contribution in [3.05, 3.63) is 48.8 Å². The lowest BCUT2D eigenvalue weighted by atomic mass is 9.87. The summed E-state index contributed by atoms with van der Waals surface area (Å²) in [5.74, 6) is -0.388. The largest absolute Gasteiger partial charge is 0.306 e. The van der Waals surface area contributed by atoms with Gasteiger partial charge in [0.15, 0.2) is 11.5 Å². The number of carbonyl (C=O) groups excluding carboxylic acids is 1. The first-order chi connectivity index (χ1) is 13.0. The van der Waals surface area contributed by atoms with E-state index in [1.54, 1.807) is 37.1 Å². The van der Waals surface area contributed by atoms with Crippen molar-refractivity contribution < 1.29 is 9.18 Å². The molecule has 4 rings (SSSR count). The molecule has 1 fully saturated rings. The molecule has 4 heterocycles.